The molecule has 0 aromatic carbocycles. The number of rotatable bonds is 2. The topological polar surface area (TPSA) is 35.5 Å². The van der Waals surface area contributed by atoms with E-state index in [1.165, 1.54) is 0 Å². The van der Waals surface area contributed by atoms with E-state index in [-0.39, 0.29) is 0 Å². The molecule has 0 aliphatic carbocycles. The lowest BCUT2D eigenvalue weighted by Gasteiger charge is -1.95. The molecule has 0 spiro atoms. The average molecular weight is 132 g/mol. The molecule has 0 aliphatic rings. The Morgan fingerprint density at radius 1 is 1.88 bits per heavy atom. The summed E-state index contributed by atoms with van der Waals surface area (Å²) in [5, 5.41) is 0. The predicted octanol–water partition coefficient (Wildman–Crippen LogP) is -0.394. The number of hydrogen-bond acceptors (Lipinski definition) is 3. The Morgan fingerprint density at radius 2 is 2.50 bits per heavy atom. The average Bonchev–Trinajstić information content (AvgIpc) is 1.68. The summed E-state index contributed by atoms with van der Waals surface area (Å²) in [7, 11) is 0.837. The zero-order valence-corrected chi connectivity index (χ0v) is 6.72. The Balaban J connectivity index is 3.18. The van der Waals surface area contributed by atoms with Gasteiger partial charge in [-0.1, -0.05) is 6.58 Å². The summed E-state index contributed by atoms with van der Waals surface area (Å²) in [6.07, 6.45) is 0.835. The first-order chi connectivity index (χ1) is 3.81. The molecule has 0 N–H and O–H groups in total. The molecule has 0 bridgehead atoms. The van der Waals surface area contributed by atoms with Crippen molar-refractivity contribution in [1.29, 1.82) is 0 Å². The number of carbonyl (C=O) groups is 1. The van der Waals surface area contributed by atoms with Crippen LogP contribution in [0.1, 0.15) is 0 Å². The minimum absolute atomic E-state index is 0.465. The van der Waals surface area contributed by atoms with Crippen molar-refractivity contribution in [1.82, 2.24) is 0 Å². The van der Waals surface area contributed by atoms with Crippen LogP contribution in [0.25, 0.3) is 0 Å². The van der Waals surface area contributed by atoms with Crippen LogP contribution >= 0.6 is 0 Å². The van der Waals surface area contributed by atoms with E-state index in [0.29, 0.717) is 6.23 Å². The lowest BCUT2D eigenvalue weighted by molar-refractivity contribution is 0.0999. The SMILES string of the molecule is C=COC(=O)OC[SiH3]. The van der Waals surface area contributed by atoms with Crippen molar-refractivity contribution in [3.05, 3.63) is 12.8 Å². The van der Waals surface area contributed by atoms with Crippen molar-refractivity contribution in [3.8, 4) is 0 Å². The highest BCUT2D eigenvalue weighted by molar-refractivity contribution is 6.08. The van der Waals surface area contributed by atoms with Crippen molar-refractivity contribution in [2.45, 2.75) is 0 Å². The third-order valence-electron chi connectivity index (χ3n) is 0.442. The molecule has 0 fully saturated rings. The first-order valence-corrected chi connectivity index (χ1v) is 3.67. The summed E-state index contributed by atoms with van der Waals surface area (Å²) >= 11 is 0. The number of ether oxygens (including phenoxy) is 2. The first kappa shape index (κ1) is 7.23. The zero-order valence-electron chi connectivity index (χ0n) is 4.72. The molecule has 0 aromatic rings. The molecule has 0 aromatic heterocycles. The van der Waals surface area contributed by atoms with Crippen LogP contribution in [-0.4, -0.2) is 22.6 Å². The minimum Gasteiger partial charge on any atom is -0.439 e. The van der Waals surface area contributed by atoms with E-state index in [0.717, 1.165) is 16.5 Å². The molecule has 8 heavy (non-hydrogen) atoms. The van der Waals surface area contributed by atoms with Gasteiger partial charge in [0.2, 0.25) is 0 Å². The predicted molar refractivity (Wildman–Crippen MR) is 32.6 cm³/mol. The van der Waals surface area contributed by atoms with Crippen molar-refractivity contribution < 1.29 is 14.3 Å². The molecule has 46 valence electrons. The third-order valence-corrected chi connectivity index (χ3v) is 0.730. The second kappa shape index (κ2) is 4.39. The maximum Gasteiger partial charge on any atom is 0.512 e. The van der Waals surface area contributed by atoms with Gasteiger partial charge in [0.25, 0.3) is 0 Å². The second-order valence-electron chi connectivity index (χ2n) is 0.968. The molecule has 0 saturated carbocycles. The van der Waals surface area contributed by atoms with Crippen molar-refractivity contribution >= 4 is 16.4 Å². The fourth-order valence-electron chi connectivity index (χ4n) is 0.220. The van der Waals surface area contributed by atoms with Gasteiger partial charge in [-0.15, -0.1) is 0 Å². The van der Waals surface area contributed by atoms with E-state index in [4.69, 9.17) is 0 Å². The summed E-state index contributed by atoms with van der Waals surface area (Å²) in [6, 6.07) is 0. The van der Waals surface area contributed by atoms with Crippen molar-refractivity contribution in [3.63, 3.8) is 0 Å². The van der Waals surface area contributed by atoms with Crippen LogP contribution in [0.15, 0.2) is 12.8 Å². The fraction of sp³-hybridized carbons (Fsp3) is 0.250. The standard InChI is InChI=1S/C4H8O3Si/c1-2-6-4(5)7-3-8/h2H,1,3H2,8H3. The van der Waals surface area contributed by atoms with Gasteiger partial charge in [-0.25, -0.2) is 4.79 Å². The van der Waals surface area contributed by atoms with E-state index < -0.39 is 6.16 Å². The van der Waals surface area contributed by atoms with Crippen LogP contribution in [-0.2, 0) is 9.47 Å². The summed E-state index contributed by atoms with van der Waals surface area (Å²) in [5.74, 6) is 0. The van der Waals surface area contributed by atoms with E-state index in [9.17, 15) is 4.79 Å². The Kier molecular flexibility index (Phi) is 3.96. The molecule has 0 amide bonds. The van der Waals surface area contributed by atoms with Gasteiger partial charge >= 0.3 is 6.16 Å². The van der Waals surface area contributed by atoms with E-state index in [1.54, 1.807) is 0 Å². The fourth-order valence-corrected chi connectivity index (χ4v) is 0.456. The van der Waals surface area contributed by atoms with Gasteiger partial charge in [-0.2, -0.15) is 0 Å². The van der Waals surface area contributed by atoms with Crippen LogP contribution in [0.2, 0.25) is 0 Å². The van der Waals surface area contributed by atoms with Gasteiger partial charge in [-0.3, -0.25) is 0 Å². The first-order valence-electron chi connectivity index (χ1n) is 2.25. The van der Waals surface area contributed by atoms with Crippen molar-refractivity contribution in [2.75, 3.05) is 6.23 Å². The molecule has 0 heterocycles. The van der Waals surface area contributed by atoms with E-state index in [1.807, 2.05) is 0 Å². The minimum atomic E-state index is -0.671. The molecule has 0 unspecified atom stereocenters. The van der Waals surface area contributed by atoms with Gasteiger partial charge in [-0.05, 0) is 0 Å². The summed E-state index contributed by atoms with van der Waals surface area (Å²) in [5.41, 5.74) is 0. The molecular weight excluding hydrogens is 124 g/mol. The molecule has 3 nitrogen and oxygen atoms in total. The second-order valence-corrected chi connectivity index (χ2v) is 1.54. The lowest BCUT2D eigenvalue weighted by Crippen LogP contribution is -2.03. The quantitative estimate of drug-likeness (QED) is 0.291. The van der Waals surface area contributed by atoms with E-state index in [2.05, 4.69) is 16.1 Å². The van der Waals surface area contributed by atoms with Gasteiger partial charge in [0, 0.05) is 0 Å². The molecule has 0 rings (SSSR count). The molecule has 0 aliphatic heterocycles. The summed E-state index contributed by atoms with van der Waals surface area (Å²) < 4.78 is 8.62. The highest BCUT2D eigenvalue weighted by atomic mass is 28.1. The molecule has 4 heteroatoms. The third kappa shape index (κ3) is 3.42. The Morgan fingerprint density at radius 3 is 2.88 bits per heavy atom. The maximum atomic E-state index is 10.1. The largest absolute Gasteiger partial charge is 0.512 e. The van der Waals surface area contributed by atoms with Crippen LogP contribution in [0, 0.1) is 0 Å². The zero-order chi connectivity index (χ0) is 6.41. The van der Waals surface area contributed by atoms with Crippen LogP contribution < -0.4 is 0 Å². The Bertz CT molecular complexity index is 91.3. The molecule has 0 radical (unpaired) electrons. The lowest BCUT2D eigenvalue weighted by atomic mass is 11.1. The highest BCUT2D eigenvalue weighted by Crippen LogP contribution is 1.81. The monoisotopic (exact) mass is 132 g/mol. The van der Waals surface area contributed by atoms with Gasteiger partial charge in [0.1, 0.15) is 0 Å². The van der Waals surface area contributed by atoms with Gasteiger partial charge in [0.05, 0.1) is 22.7 Å². The number of hydrogen-bond donors (Lipinski definition) is 0. The highest BCUT2D eigenvalue weighted by Gasteiger charge is 1.94. The van der Waals surface area contributed by atoms with Crippen LogP contribution in [0.4, 0.5) is 4.79 Å². The van der Waals surface area contributed by atoms with Crippen LogP contribution in [0.5, 0.6) is 0 Å². The Hall–Kier alpha value is -0.773. The normalized spacial score (nSPS) is 8.00. The van der Waals surface area contributed by atoms with E-state index >= 15 is 0 Å². The van der Waals surface area contributed by atoms with Crippen LogP contribution in [0.3, 0.4) is 0 Å². The molecule has 0 atom stereocenters. The maximum absolute atomic E-state index is 10.1. The van der Waals surface area contributed by atoms with Gasteiger partial charge in [0.15, 0.2) is 0 Å². The Labute approximate surface area is 50.7 Å². The van der Waals surface area contributed by atoms with Crippen molar-refractivity contribution in [2.24, 2.45) is 0 Å². The molecular formula is C4H8O3Si. The summed E-state index contributed by atoms with van der Waals surface area (Å²) in [4.78, 5) is 10.1. The molecule has 0 saturated heterocycles. The van der Waals surface area contributed by atoms with Gasteiger partial charge < -0.3 is 9.47 Å². The smallest absolute Gasteiger partial charge is 0.439 e. The number of carbonyl (C=O) groups excluding carboxylic acids is 1. The summed E-state index contributed by atoms with van der Waals surface area (Å²) in [6.45, 7) is 3.17.